The van der Waals surface area contributed by atoms with Crippen molar-refractivity contribution in [3.63, 3.8) is 0 Å². The Morgan fingerprint density at radius 1 is 1.38 bits per heavy atom. The van der Waals surface area contributed by atoms with Crippen LogP contribution >= 0.6 is 0 Å². The fourth-order valence-electron chi connectivity index (χ4n) is 2.73. The maximum atomic E-state index is 13.8. The normalized spacial score (nSPS) is 20.5. The molecule has 0 bridgehead atoms. The Morgan fingerprint density at radius 3 is 2.62 bits per heavy atom. The van der Waals surface area contributed by atoms with Crippen LogP contribution in [-0.2, 0) is 4.79 Å². The Morgan fingerprint density at radius 2 is 2.04 bits per heavy atom. The molecule has 5 nitrogen and oxygen atoms in total. The summed E-state index contributed by atoms with van der Waals surface area (Å²) in [6.45, 7) is 6.05. The molecule has 2 N–H and O–H groups in total. The molecule has 0 aliphatic heterocycles. The molecule has 1 saturated carbocycles. The first-order chi connectivity index (χ1) is 11.2. The van der Waals surface area contributed by atoms with Gasteiger partial charge in [0, 0.05) is 31.6 Å². The number of nitrogens with one attached hydrogen (secondary N) is 2. The van der Waals surface area contributed by atoms with E-state index in [4.69, 9.17) is 0 Å². The van der Waals surface area contributed by atoms with Crippen molar-refractivity contribution in [3.05, 3.63) is 35.6 Å². The van der Waals surface area contributed by atoms with E-state index in [-0.39, 0.29) is 35.8 Å². The second-order valence-electron chi connectivity index (χ2n) is 7.32. The quantitative estimate of drug-likeness (QED) is 0.655. The molecule has 1 amide bonds. The molecule has 132 valence electrons. The Balaban J connectivity index is 1.89. The summed E-state index contributed by atoms with van der Waals surface area (Å²) in [5.41, 5.74) is 0.472. The van der Waals surface area contributed by atoms with Crippen LogP contribution in [0, 0.1) is 5.82 Å². The number of carbonyl (C=O) groups excluding carboxylic acids is 1. The summed E-state index contributed by atoms with van der Waals surface area (Å²) in [6, 6.07) is 7.01. The zero-order valence-corrected chi connectivity index (χ0v) is 15.1. The van der Waals surface area contributed by atoms with Crippen LogP contribution in [-0.4, -0.2) is 49.0 Å². The minimum Gasteiger partial charge on any atom is -0.353 e. The van der Waals surface area contributed by atoms with Crippen molar-refractivity contribution >= 4 is 11.9 Å². The van der Waals surface area contributed by atoms with Crippen molar-refractivity contribution in [2.75, 3.05) is 20.6 Å². The largest absolute Gasteiger partial charge is 0.353 e. The molecule has 1 aliphatic carbocycles. The Hall–Kier alpha value is -2.11. The summed E-state index contributed by atoms with van der Waals surface area (Å²) in [5, 5.41) is 6.24. The molecule has 0 aromatic heterocycles. The molecule has 0 heterocycles. The minimum absolute atomic E-state index is 0.0607. The van der Waals surface area contributed by atoms with Gasteiger partial charge in [-0.1, -0.05) is 18.2 Å². The third-order valence-electron chi connectivity index (χ3n) is 3.88. The van der Waals surface area contributed by atoms with E-state index in [1.807, 2.05) is 40.0 Å². The van der Waals surface area contributed by atoms with Crippen molar-refractivity contribution in [2.24, 2.45) is 4.99 Å². The molecular weight excluding hydrogens is 307 g/mol. The van der Waals surface area contributed by atoms with Gasteiger partial charge in [0.25, 0.3) is 0 Å². The van der Waals surface area contributed by atoms with Crippen LogP contribution < -0.4 is 10.6 Å². The molecule has 1 fully saturated rings. The zero-order chi connectivity index (χ0) is 17.9. The summed E-state index contributed by atoms with van der Waals surface area (Å²) < 4.78 is 13.8. The summed E-state index contributed by atoms with van der Waals surface area (Å²) >= 11 is 0. The molecule has 2 unspecified atom stereocenters. The molecule has 1 aromatic rings. The molecule has 0 saturated heterocycles. The lowest BCUT2D eigenvalue weighted by atomic mass is 10.1. The fraction of sp³-hybridized carbons (Fsp3) is 0.556. The summed E-state index contributed by atoms with van der Waals surface area (Å²) in [4.78, 5) is 18.0. The molecule has 2 rings (SSSR count). The van der Waals surface area contributed by atoms with Gasteiger partial charge >= 0.3 is 0 Å². The first-order valence-electron chi connectivity index (χ1n) is 8.21. The first kappa shape index (κ1) is 18.2. The van der Waals surface area contributed by atoms with E-state index in [9.17, 15) is 9.18 Å². The number of rotatable bonds is 4. The highest BCUT2D eigenvalue weighted by atomic mass is 19.1. The van der Waals surface area contributed by atoms with Gasteiger partial charge in [0.1, 0.15) is 5.82 Å². The molecule has 0 radical (unpaired) electrons. The van der Waals surface area contributed by atoms with Gasteiger partial charge in [-0.25, -0.2) is 4.39 Å². The van der Waals surface area contributed by atoms with Crippen LogP contribution in [0.15, 0.2) is 29.3 Å². The lowest BCUT2D eigenvalue weighted by Crippen LogP contribution is -2.49. The topological polar surface area (TPSA) is 56.7 Å². The number of aliphatic imine (C=N–C) groups is 1. The van der Waals surface area contributed by atoms with Crippen LogP contribution in [0.25, 0.3) is 0 Å². The first-order valence-corrected chi connectivity index (χ1v) is 8.21. The number of amides is 1. The predicted octanol–water partition coefficient (Wildman–Crippen LogP) is 2.10. The number of guanidine groups is 1. The highest BCUT2D eigenvalue weighted by Gasteiger charge is 2.40. The fourth-order valence-corrected chi connectivity index (χ4v) is 2.73. The maximum absolute atomic E-state index is 13.8. The van der Waals surface area contributed by atoms with Crippen LogP contribution in [0.1, 0.15) is 38.7 Å². The second kappa shape index (κ2) is 7.20. The summed E-state index contributed by atoms with van der Waals surface area (Å²) in [5.74, 6) is 0.566. The van der Waals surface area contributed by atoms with Crippen molar-refractivity contribution in [1.29, 1.82) is 0 Å². The SMILES string of the molecule is CN=C(NC1CC1c1ccccc1F)N(C)CC(=O)NC(C)(C)C. The van der Waals surface area contributed by atoms with Crippen molar-refractivity contribution in [3.8, 4) is 0 Å². The Labute approximate surface area is 143 Å². The van der Waals surface area contributed by atoms with Crippen LogP contribution in [0.2, 0.25) is 0 Å². The number of hydrogen-bond donors (Lipinski definition) is 2. The number of nitrogens with zero attached hydrogens (tertiary/aromatic N) is 2. The molecule has 24 heavy (non-hydrogen) atoms. The standard InChI is InChI=1S/C18H27FN4O/c1-18(2,3)22-16(24)11-23(5)17(20-4)21-15-10-13(15)12-8-6-7-9-14(12)19/h6-9,13,15H,10-11H2,1-5H3,(H,20,21)(H,22,24). The number of carbonyl (C=O) groups is 1. The molecule has 6 heteroatoms. The summed E-state index contributed by atoms with van der Waals surface area (Å²) in [7, 11) is 3.50. The van der Waals surface area contributed by atoms with Crippen LogP contribution in [0.3, 0.4) is 0 Å². The van der Waals surface area contributed by atoms with Gasteiger partial charge in [-0.15, -0.1) is 0 Å². The van der Waals surface area contributed by atoms with Crippen molar-refractivity contribution in [1.82, 2.24) is 15.5 Å². The van der Waals surface area contributed by atoms with E-state index >= 15 is 0 Å². The average molecular weight is 334 g/mol. The lowest BCUT2D eigenvalue weighted by molar-refractivity contribution is -0.122. The molecule has 2 atom stereocenters. The van der Waals surface area contributed by atoms with Gasteiger partial charge in [-0.2, -0.15) is 0 Å². The zero-order valence-electron chi connectivity index (χ0n) is 15.1. The van der Waals surface area contributed by atoms with Gasteiger partial charge in [0.15, 0.2) is 5.96 Å². The molecule has 1 aliphatic rings. The molecule has 0 spiro atoms. The molecular formula is C18H27FN4O. The second-order valence-corrected chi connectivity index (χ2v) is 7.32. The van der Waals surface area contributed by atoms with E-state index in [1.54, 1.807) is 18.0 Å². The van der Waals surface area contributed by atoms with E-state index in [0.29, 0.717) is 5.96 Å². The highest BCUT2D eigenvalue weighted by Crippen LogP contribution is 2.41. The Bertz CT molecular complexity index is 624. The summed E-state index contributed by atoms with van der Waals surface area (Å²) in [6.07, 6.45) is 0.863. The van der Waals surface area contributed by atoms with E-state index in [1.165, 1.54) is 6.07 Å². The molecule has 1 aromatic carbocycles. The van der Waals surface area contributed by atoms with E-state index < -0.39 is 0 Å². The van der Waals surface area contributed by atoms with Crippen LogP contribution in [0.5, 0.6) is 0 Å². The number of likely N-dealkylation sites (N-methyl/N-ethyl adjacent to an activating group) is 1. The van der Waals surface area contributed by atoms with E-state index in [0.717, 1.165) is 12.0 Å². The van der Waals surface area contributed by atoms with Gasteiger partial charge in [0.2, 0.25) is 5.91 Å². The third-order valence-corrected chi connectivity index (χ3v) is 3.88. The van der Waals surface area contributed by atoms with Gasteiger partial charge in [0.05, 0.1) is 6.54 Å². The van der Waals surface area contributed by atoms with Gasteiger partial charge in [-0.3, -0.25) is 9.79 Å². The minimum atomic E-state index is -0.263. The van der Waals surface area contributed by atoms with E-state index in [2.05, 4.69) is 15.6 Å². The predicted molar refractivity (Wildman–Crippen MR) is 94.6 cm³/mol. The Kier molecular flexibility index (Phi) is 5.47. The highest BCUT2D eigenvalue weighted by molar-refractivity contribution is 5.87. The van der Waals surface area contributed by atoms with Crippen LogP contribution in [0.4, 0.5) is 4.39 Å². The van der Waals surface area contributed by atoms with Gasteiger partial charge < -0.3 is 15.5 Å². The average Bonchev–Trinajstić information content (AvgIpc) is 3.22. The lowest BCUT2D eigenvalue weighted by Gasteiger charge is -2.25. The number of halogens is 1. The number of hydrogen-bond acceptors (Lipinski definition) is 2. The van der Waals surface area contributed by atoms with Gasteiger partial charge in [-0.05, 0) is 38.8 Å². The smallest absolute Gasteiger partial charge is 0.240 e. The monoisotopic (exact) mass is 334 g/mol. The van der Waals surface area contributed by atoms with Crippen molar-refractivity contribution < 1.29 is 9.18 Å². The third kappa shape index (κ3) is 4.94. The van der Waals surface area contributed by atoms with Crippen molar-refractivity contribution in [2.45, 2.75) is 44.7 Å². The maximum Gasteiger partial charge on any atom is 0.240 e. The number of benzene rings is 1.